The van der Waals surface area contributed by atoms with Crippen LogP contribution in [0, 0.1) is 6.92 Å². The molecule has 7 nitrogen and oxygen atoms in total. The van der Waals surface area contributed by atoms with Crippen LogP contribution in [0.4, 0.5) is 5.00 Å². The first kappa shape index (κ1) is 24.0. The van der Waals surface area contributed by atoms with Crippen LogP contribution in [0.5, 0.6) is 0 Å². The summed E-state index contributed by atoms with van der Waals surface area (Å²) in [4.78, 5) is 27.7. The zero-order chi connectivity index (χ0) is 23.5. The number of aromatic nitrogens is 3. The van der Waals surface area contributed by atoms with Crippen molar-refractivity contribution in [2.75, 3.05) is 18.2 Å². The molecule has 3 heterocycles. The maximum atomic E-state index is 12.8. The van der Waals surface area contributed by atoms with Crippen molar-refractivity contribution >= 4 is 51.3 Å². The molecule has 176 valence electrons. The molecular formula is C23H28N4O3S3. The molecule has 1 amide bonds. The Morgan fingerprint density at radius 1 is 1.24 bits per heavy atom. The van der Waals surface area contributed by atoms with Gasteiger partial charge in [0.05, 0.1) is 18.4 Å². The van der Waals surface area contributed by atoms with E-state index in [0.717, 1.165) is 49.1 Å². The molecule has 0 radical (unpaired) electrons. The average molecular weight is 505 g/mol. The van der Waals surface area contributed by atoms with E-state index in [1.807, 2.05) is 0 Å². The second-order valence-electron chi connectivity index (χ2n) is 7.83. The average Bonchev–Trinajstić information content (AvgIpc) is 3.50. The fraction of sp³-hybridized carbons (Fsp3) is 0.478. The molecule has 0 aliphatic heterocycles. The molecule has 3 aromatic heterocycles. The number of carbonyl (C=O) groups excluding carboxylic acids is 2. The third kappa shape index (κ3) is 4.74. The van der Waals surface area contributed by atoms with Crippen LogP contribution >= 0.6 is 34.4 Å². The first-order valence-corrected chi connectivity index (χ1v) is 13.8. The molecule has 4 rings (SSSR count). The van der Waals surface area contributed by atoms with Crippen molar-refractivity contribution in [1.29, 1.82) is 0 Å². The normalized spacial score (nSPS) is 13.1. The molecule has 10 heteroatoms. The van der Waals surface area contributed by atoms with Gasteiger partial charge in [-0.05, 0) is 57.1 Å². The summed E-state index contributed by atoms with van der Waals surface area (Å²) in [5.41, 5.74) is 3.98. The summed E-state index contributed by atoms with van der Waals surface area (Å²) < 4.78 is 7.06. The number of nitrogens with one attached hydrogen (secondary N) is 1. The highest BCUT2D eigenvalue weighted by atomic mass is 32.2. The van der Waals surface area contributed by atoms with Gasteiger partial charge in [-0.2, -0.15) is 0 Å². The second kappa shape index (κ2) is 10.4. The predicted octanol–water partition coefficient (Wildman–Crippen LogP) is 5.36. The maximum Gasteiger partial charge on any atom is 0.341 e. The van der Waals surface area contributed by atoms with E-state index in [1.165, 1.54) is 45.5 Å². The van der Waals surface area contributed by atoms with Gasteiger partial charge < -0.3 is 14.6 Å². The molecule has 3 aromatic rings. The number of thioether (sulfide) groups is 1. The van der Waals surface area contributed by atoms with Gasteiger partial charge in [-0.15, -0.1) is 32.9 Å². The maximum absolute atomic E-state index is 12.8. The quantitative estimate of drug-likeness (QED) is 0.329. The van der Waals surface area contributed by atoms with E-state index in [4.69, 9.17) is 4.74 Å². The summed E-state index contributed by atoms with van der Waals surface area (Å²) in [5, 5.41) is 15.2. The van der Waals surface area contributed by atoms with Crippen LogP contribution in [0.3, 0.4) is 0 Å². The topological polar surface area (TPSA) is 86.1 Å². The van der Waals surface area contributed by atoms with E-state index < -0.39 is 0 Å². The number of rotatable bonds is 8. The molecule has 0 saturated carbocycles. The molecule has 0 atom stereocenters. The fourth-order valence-corrected chi connectivity index (χ4v) is 7.29. The van der Waals surface area contributed by atoms with Gasteiger partial charge >= 0.3 is 5.97 Å². The smallest absolute Gasteiger partial charge is 0.341 e. The lowest BCUT2D eigenvalue weighted by atomic mass is 9.95. The van der Waals surface area contributed by atoms with Crippen LogP contribution in [0.25, 0.3) is 11.4 Å². The Morgan fingerprint density at radius 2 is 2.03 bits per heavy atom. The first-order chi connectivity index (χ1) is 16.0. The summed E-state index contributed by atoms with van der Waals surface area (Å²) in [6, 6.07) is 0. The molecule has 1 aliphatic rings. The zero-order valence-electron chi connectivity index (χ0n) is 19.3. The van der Waals surface area contributed by atoms with E-state index >= 15 is 0 Å². The van der Waals surface area contributed by atoms with E-state index in [2.05, 4.69) is 46.2 Å². The van der Waals surface area contributed by atoms with E-state index in [-0.39, 0.29) is 17.6 Å². The lowest BCUT2D eigenvalue weighted by Crippen LogP contribution is -2.17. The molecule has 0 aromatic carbocycles. The monoisotopic (exact) mass is 504 g/mol. The molecular weight excluding hydrogens is 476 g/mol. The van der Waals surface area contributed by atoms with Crippen LogP contribution in [0.15, 0.2) is 10.5 Å². The minimum Gasteiger partial charge on any atom is -0.465 e. The summed E-state index contributed by atoms with van der Waals surface area (Å²) in [7, 11) is 1.38. The van der Waals surface area contributed by atoms with Gasteiger partial charge in [0.25, 0.3) is 0 Å². The second-order valence-corrected chi connectivity index (χ2v) is 11.0. The van der Waals surface area contributed by atoms with E-state index in [9.17, 15) is 9.59 Å². The number of methoxy groups -OCH3 is 1. The Balaban J connectivity index is 1.50. The van der Waals surface area contributed by atoms with Crippen LogP contribution in [-0.2, 0) is 35.3 Å². The van der Waals surface area contributed by atoms with Crippen molar-refractivity contribution in [1.82, 2.24) is 14.8 Å². The third-order valence-corrected chi connectivity index (χ3v) is 9.00. The number of carbonyl (C=O) groups is 2. The van der Waals surface area contributed by atoms with Crippen LogP contribution in [0.2, 0.25) is 0 Å². The van der Waals surface area contributed by atoms with Gasteiger partial charge in [0.2, 0.25) is 5.91 Å². The Bertz CT molecular complexity index is 1180. The summed E-state index contributed by atoms with van der Waals surface area (Å²) in [6.07, 6.45) is 4.90. The van der Waals surface area contributed by atoms with Crippen LogP contribution in [0.1, 0.15) is 57.9 Å². The highest BCUT2D eigenvalue weighted by Crippen LogP contribution is 2.39. The van der Waals surface area contributed by atoms with Gasteiger partial charge in [0.15, 0.2) is 11.0 Å². The zero-order valence-corrected chi connectivity index (χ0v) is 21.8. The number of amides is 1. The summed E-state index contributed by atoms with van der Waals surface area (Å²) >= 11 is 4.58. The number of hydrogen-bond acceptors (Lipinski definition) is 8. The van der Waals surface area contributed by atoms with Crippen molar-refractivity contribution in [2.24, 2.45) is 0 Å². The lowest BCUT2D eigenvalue weighted by Gasteiger charge is -2.11. The number of thiophene rings is 2. The SMILES string of the molecule is CCc1c(-c2nnc(SCC(=O)Nc3sc4c(c3C(=O)OC)CCCC4)n2CC)csc1C. The van der Waals surface area contributed by atoms with Crippen molar-refractivity contribution in [2.45, 2.75) is 64.6 Å². The van der Waals surface area contributed by atoms with Gasteiger partial charge in [-0.25, -0.2) is 4.79 Å². The first-order valence-electron chi connectivity index (χ1n) is 11.1. The minimum absolute atomic E-state index is 0.170. The number of hydrogen-bond donors (Lipinski definition) is 1. The fourth-order valence-electron chi connectivity index (χ4n) is 4.25. The Morgan fingerprint density at radius 3 is 2.76 bits per heavy atom. The molecule has 0 fully saturated rings. The number of esters is 1. The summed E-state index contributed by atoms with van der Waals surface area (Å²) in [5.74, 6) is 0.479. The van der Waals surface area contributed by atoms with Crippen LogP contribution in [-0.4, -0.2) is 39.5 Å². The Hall–Kier alpha value is -2.17. The number of nitrogens with zero attached hydrogens (tertiary/aromatic N) is 3. The highest BCUT2D eigenvalue weighted by Gasteiger charge is 2.27. The summed E-state index contributed by atoms with van der Waals surface area (Å²) in [6.45, 7) is 7.05. The standard InChI is InChI=1S/C23H28N4O3S3/c1-5-14-13(3)31-11-16(14)20-25-26-23(27(20)6-2)32-12-18(28)24-21-19(22(29)30-4)15-9-7-8-10-17(15)33-21/h11H,5-10,12H2,1-4H3,(H,24,28). The number of ether oxygens (including phenoxy) is 1. The molecule has 0 unspecified atom stereocenters. The van der Waals surface area contributed by atoms with Crippen LogP contribution < -0.4 is 5.32 Å². The molecule has 0 bridgehead atoms. The minimum atomic E-state index is -0.384. The van der Waals surface area contributed by atoms with Crippen molar-refractivity contribution in [3.05, 3.63) is 31.8 Å². The molecule has 1 aliphatic carbocycles. The number of anilines is 1. The Labute approximate surface area is 206 Å². The predicted molar refractivity (Wildman–Crippen MR) is 135 cm³/mol. The Kier molecular flexibility index (Phi) is 7.55. The van der Waals surface area contributed by atoms with Crippen molar-refractivity contribution in [3.8, 4) is 11.4 Å². The van der Waals surface area contributed by atoms with Gasteiger partial charge in [0.1, 0.15) is 5.00 Å². The third-order valence-electron chi connectivity index (χ3n) is 5.88. The van der Waals surface area contributed by atoms with E-state index in [1.54, 1.807) is 11.3 Å². The largest absolute Gasteiger partial charge is 0.465 e. The molecule has 0 saturated heterocycles. The molecule has 1 N–H and O–H groups in total. The van der Waals surface area contributed by atoms with Crippen molar-refractivity contribution in [3.63, 3.8) is 0 Å². The van der Waals surface area contributed by atoms with Gasteiger partial charge in [-0.3, -0.25) is 4.79 Å². The molecule has 33 heavy (non-hydrogen) atoms. The van der Waals surface area contributed by atoms with Crippen molar-refractivity contribution < 1.29 is 14.3 Å². The number of aryl methyl sites for hydroxylation is 2. The highest BCUT2D eigenvalue weighted by molar-refractivity contribution is 7.99. The lowest BCUT2D eigenvalue weighted by molar-refractivity contribution is -0.113. The molecule has 0 spiro atoms. The van der Waals surface area contributed by atoms with E-state index in [0.29, 0.717) is 22.3 Å². The van der Waals surface area contributed by atoms with Gasteiger partial charge in [-0.1, -0.05) is 18.7 Å². The number of fused-ring (bicyclic) bond motifs is 1. The van der Waals surface area contributed by atoms with Gasteiger partial charge in [0, 0.05) is 27.2 Å².